The monoisotopic (exact) mass is 376 g/mol. The summed E-state index contributed by atoms with van der Waals surface area (Å²) in [6.07, 6.45) is 4.24. The number of hydrogen-bond acceptors (Lipinski definition) is 3. The number of fused-ring (bicyclic) bond motifs is 1. The highest BCUT2D eigenvalue weighted by atomic mass is 32.2. The molecule has 3 rings (SSSR count). The van der Waals surface area contributed by atoms with Crippen LogP contribution in [0, 0.1) is 5.82 Å². The number of rotatable bonds is 6. The SMILES string of the molecule is CN(C)C(CNS(=O)(=O)c1ccc2c(c1)CCCC2)c1ccc(F)cc1. The molecule has 0 heterocycles. The molecule has 2 aromatic rings. The van der Waals surface area contributed by atoms with Gasteiger partial charge in [0, 0.05) is 12.6 Å². The van der Waals surface area contributed by atoms with Gasteiger partial charge in [0.15, 0.2) is 0 Å². The average molecular weight is 376 g/mol. The summed E-state index contributed by atoms with van der Waals surface area (Å²) in [6.45, 7) is 0.220. The summed E-state index contributed by atoms with van der Waals surface area (Å²) in [6, 6.07) is 11.4. The van der Waals surface area contributed by atoms with Crippen LogP contribution in [0.1, 0.15) is 35.6 Å². The highest BCUT2D eigenvalue weighted by molar-refractivity contribution is 7.89. The molecule has 1 N–H and O–H groups in total. The predicted molar refractivity (Wildman–Crippen MR) is 101 cm³/mol. The molecule has 6 heteroatoms. The molecule has 0 radical (unpaired) electrons. The molecule has 0 aromatic heterocycles. The van der Waals surface area contributed by atoms with E-state index in [0.717, 1.165) is 30.4 Å². The Balaban J connectivity index is 1.77. The van der Waals surface area contributed by atoms with E-state index in [4.69, 9.17) is 0 Å². The normalized spacial score (nSPS) is 15.7. The van der Waals surface area contributed by atoms with E-state index in [1.54, 1.807) is 24.3 Å². The van der Waals surface area contributed by atoms with Gasteiger partial charge in [0.05, 0.1) is 4.90 Å². The second-order valence-corrected chi connectivity index (χ2v) is 8.79. The molecule has 26 heavy (non-hydrogen) atoms. The van der Waals surface area contributed by atoms with E-state index >= 15 is 0 Å². The zero-order chi connectivity index (χ0) is 18.7. The van der Waals surface area contributed by atoms with Gasteiger partial charge >= 0.3 is 0 Å². The van der Waals surface area contributed by atoms with Gasteiger partial charge in [-0.2, -0.15) is 0 Å². The van der Waals surface area contributed by atoms with Crippen LogP contribution in [0.4, 0.5) is 4.39 Å². The highest BCUT2D eigenvalue weighted by Crippen LogP contribution is 2.24. The number of benzene rings is 2. The van der Waals surface area contributed by atoms with Gasteiger partial charge in [-0.1, -0.05) is 18.2 Å². The summed E-state index contributed by atoms with van der Waals surface area (Å²) < 4.78 is 41.4. The molecule has 140 valence electrons. The molecule has 0 aliphatic heterocycles. The van der Waals surface area contributed by atoms with Crippen LogP contribution in [0.2, 0.25) is 0 Å². The predicted octanol–water partition coefficient (Wildman–Crippen LogP) is 3.29. The minimum absolute atomic E-state index is 0.178. The van der Waals surface area contributed by atoms with Gasteiger partial charge in [0.2, 0.25) is 10.0 Å². The fraction of sp³-hybridized carbons (Fsp3) is 0.400. The summed E-state index contributed by atoms with van der Waals surface area (Å²) in [4.78, 5) is 2.23. The highest BCUT2D eigenvalue weighted by Gasteiger charge is 2.21. The van der Waals surface area contributed by atoms with Crippen molar-refractivity contribution in [1.82, 2.24) is 9.62 Å². The summed E-state index contributed by atoms with van der Waals surface area (Å²) in [5, 5.41) is 0. The largest absolute Gasteiger partial charge is 0.301 e. The van der Waals surface area contributed by atoms with Crippen LogP contribution < -0.4 is 4.72 Å². The van der Waals surface area contributed by atoms with Crippen molar-refractivity contribution in [3.8, 4) is 0 Å². The molecule has 0 fully saturated rings. The molecule has 2 aromatic carbocycles. The number of aryl methyl sites for hydroxylation is 2. The van der Waals surface area contributed by atoms with E-state index < -0.39 is 10.0 Å². The zero-order valence-electron chi connectivity index (χ0n) is 15.2. The van der Waals surface area contributed by atoms with Crippen LogP contribution in [0.3, 0.4) is 0 Å². The minimum atomic E-state index is -3.59. The maximum absolute atomic E-state index is 13.2. The van der Waals surface area contributed by atoms with E-state index in [1.165, 1.54) is 24.1 Å². The maximum atomic E-state index is 13.2. The number of nitrogens with zero attached hydrogens (tertiary/aromatic N) is 1. The fourth-order valence-electron chi connectivity index (χ4n) is 3.43. The van der Waals surface area contributed by atoms with Gasteiger partial charge in [0.1, 0.15) is 5.82 Å². The lowest BCUT2D eigenvalue weighted by atomic mass is 9.92. The first-order chi connectivity index (χ1) is 12.4. The van der Waals surface area contributed by atoms with Crippen LogP contribution in [0.15, 0.2) is 47.4 Å². The van der Waals surface area contributed by atoms with Gasteiger partial charge in [0.25, 0.3) is 0 Å². The van der Waals surface area contributed by atoms with E-state index in [1.807, 2.05) is 25.1 Å². The van der Waals surface area contributed by atoms with Crippen molar-refractivity contribution < 1.29 is 12.8 Å². The number of sulfonamides is 1. The van der Waals surface area contributed by atoms with Crippen LogP contribution in [-0.2, 0) is 22.9 Å². The lowest BCUT2D eigenvalue weighted by Gasteiger charge is -2.25. The second kappa shape index (κ2) is 7.86. The molecule has 1 unspecified atom stereocenters. The Bertz CT molecular complexity index is 864. The molecule has 4 nitrogen and oxygen atoms in total. The lowest BCUT2D eigenvalue weighted by molar-refractivity contribution is 0.299. The van der Waals surface area contributed by atoms with Gasteiger partial charge in [-0.3, -0.25) is 0 Å². The third-order valence-corrected chi connectivity index (χ3v) is 6.40. The van der Waals surface area contributed by atoms with Crippen molar-refractivity contribution in [1.29, 1.82) is 0 Å². The Hall–Kier alpha value is -1.76. The van der Waals surface area contributed by atoms with Crippen LogP contribution in [-0.4, -0.2) is 34.0 Å². The molecule has 1 atom stereocenters. The van der Waals surface area contributed by atoms with E-state index in [0.29, 0.717) is 4.90 Å². The number of likely N-dealkylation sites (N-methyl/N-ethyl adjacent to an activating group) is 1. The Labute approximate surface area is 155 Å². The minimum Gasteiger partial charge on any atom is -0.301 e. The van der Waals surface area contributed by atoms with Gasteiger partial charge in [-0.05, 0) is 80.7 Å². The molecule has 0 saturated heterocycles. The maximum Gasteiger partial charge on any atom is 0.240 e. The first kappa shape index (κ1) is 19.0. The van der Waals surface area contributed by atoms with E-state index in [2.05, 4.69) is 4.72 Å². The van der Waals surface area contributed by atoms with Crippen molar-refractivity contribution in [3.05, 3.63) is 65.0 Å². The summed E-state index contributed by atoms with van der Waals surface area (Å²) in [5.74, 6) is -0.305. The van der Waals surface area contributed by atoms with Gasteiger partial charge in [-0.25, -0.2) is 17.5 Å². The Kier molecular flexibility index (Phi) is 5.75. The molecule has 0 saturated carbocycles. The van der Waals surface area contributed by atoms with Crippen molar-refractivity contribution >= 4 is 10.0 Å². The van der Waals surface area contributed by atoms with Crippen LogP contribution in [0.5, 0.6) is 0 Å². The van der Waals surface area contributed by atoms with E-state index in [-0.39, 0.29) is 18.4 Å². The number of halogens is 1. The third kappa shape index (κ3) is 4.31. The van der Waals surface area contributed by atoms with E-state index in [9.17, 15) is 12.8 Å². The standard InChI is InChI=1S/C20H25FN2O2S/c1-23(2)20(16-7-10-18(21)11-8-16)14-22-26(24,25)19-12-9-15-5-3-4-6-17(15)13-19/h7-13,20,22H,3-6,14H2,1-2H3. The van der Waals surface area contributed by atoms with Crippen LogP contribution in [0.25, 0.3) is 0 Å². The number of nitrogens with one attached hydrogen (secondary N) is 1. The Morgan fingerprint density at radius 2 is 1.69 bits per heavy atom. The molecule has 1 aliphatic carbocycles. The molecule has 0 spiro atoms. The summed E-state index contributed by atoms with van der Waals surface area (Å²) in [5.41, 5.74) is 3.26. The second-order valence-electron chi connectivity index (χ2n) is 7.02. The van der Waals surface area contributed by atoms with Crippen LogP contribution >= 0.6 is 0 Å². The molecular weight excluding hydrogens is 351 g/mol. The quantitative estimate of drug-likeness (QED) is 0.842. The summed E-state index contributed by atoms with van der Waals surface area (Å²) >= 11 is 0. The average Bonchev–Trinajstić information content (AvgIpc) is 2.62. The van der Waals surface area contributed by atoms with Crippen molar-refractivity contribution in [3.63, 3.8) is 0 Å². The third-order valence-electron chi connectivity index (χ3n) is 4.98. The summed E-state index contributed by atoms with van der Waals surface area (Å²) in [7, 11) is 0.163. The van der Waals surface area contributed by atoms with Crippen molar-refractivity contribution in [2.24, 2.45) is 0 Å². The zero-order valence-corrected chi connectivity index (χ0v) is 16.0. The molecule has 0 amide bonds. The Morgan fingerprint density at radius 3 is 2.35 bits per heavy atom. The molecule has 0 bridgehead atoms. The van der Waals surface area contributed by atoms with Crippen molar-refractivity contribution in [2.45, 2.75) is 36.6 Å². The van der Waals surface area contributed by atoms with Crippen molar-refractivity contribution in [2.75, 3.05) is 20.6 Å². The lowest BCUT2D eigenvalue weighted by Crippen LogP contribution is -2.34. The topological polar surface area (TPSA) is 49.4 Å². The first-order valence-electron chi connectivity index (χ1n) is 8.90. The fourth-order valence-corrected chi connectivity index (χ4v) is 4.52. The first-order valence-corrected chi connectivity index (χ1v) is 10.4. The molecule has 1 aliphatic rings. The van der Waals surface area contributed by atoms with Gasteiger partial charge < -0.3 is 4.90 Å². The Morgan fingerprint density at radius 1 is 1.04 bits per heavy atom. The smallest absolute Gasteiger partial charge is 0.240 e. The number of hydrogen-bond donors (Lipinski definition) is 1. The van der Waals surface area contributed by atoms with Gasteiger partial charge in [-0.15, -0.1) is 0 Å². The molecular formula is C20H25FN2O2S.